The van der Waals surface area contributed by atoms with Gasteiger partial charge in [-0.2, -0.15) is 0 Å². The van der Waals surface area contributed by atoms with Gasteiger partial charge in [0.15, 0.2) is 11.5 Å². The Morgan fingerprint density at radius 1 is 0.886 bits per heavy atom. The fourth-order valence-corrected chi connectivity index (χ4v) is 5.97. The normalized spacial score (nSPS) is 15.6. The van der Waals surface area contributed by atoms with E-state index in [1.165, 1.54) is 0 Å². The van der Waals surface area contributed by atoms with Crippen LogP contribution in [0.2, 0.25) is 0 Å². The number of hydrogen-bond acceptors (Lipinski definition) is 7. The molecule has 0 unspecified atom stereocenters. The third kappa shape index (κ3) is 6.18. The van der Waals surface area contributed by atoms with E-state index in [9.17, 15) is 9.59 Å². The third-order valence-corrected chi connectivity index (χ3v) is 8.31. The van der Waals surface area contributed by atoms with Crippen molar-refractivity contribution in [3.05, 3.63) is 82.4 Å². The number of unbranched alkanes of at least 4 members (excludes halogenated alkanes) is 4. The lowest BCUT2D eigenvalue weighted by molar-refractivity contribution is 0.0774. The van der Waals surface area contributed by atoms with Crippen LogP contribution >= 0.6 is 0 Å². The van der Waals surface area contributed by atoms with Gasteiger partial charge in [-0.25, -0.2) is 4.98 Å². The Labute approximate surface area is 257 Å². The average Bonchev–Trinajstić information content (AvgIpc) is 3.47. The molecule has 4 aromatic rings. The first-order chi connectivity index (χ1) is 21.5. The summed E-state index contributed by atoms with van der Waals surface area (Å²) in [6, 6.07) is 18.7. The molecule has 0 bridgehead atoms. The van der Waals surface area contributed by atoms with Crippen molar-refractivity contribution in [3.63, 3.8) is 0 Å². The number of aryl methyl sites for hydroxylation is 1. The van der Waals surface area contributed by atoms with Crippen molar-refractivity contribution in [3.8, 4) is 22.9 Å². The summed E-state index contributed by atoms with van der Waals surface area (Å²) in [7, 11) is 1.60. The molecule has 1 saturated heterocycles. The molecular formula is C35H38N4O5. The molecule has 2 aliphatic heterocycles. The molecule has 0 aliphatic carbocycles. The summed E-state index contributed by atoms with van der Waals surface area (Å²) in [6.07, 6.45) is 8.92. The number of methoxy groups -OCH3 is 1. The Morgan fingerprint density at radius 3 is 2.43 bits per heavy atom. The predicted octanol–water partition coefficient (Wildman–Crippen LogP) is 6.43. The first kappa shape index (κ1) is 29.4. The summed E-state index contributed by atoms with van der Waals surface area (Å²) in [5.74, 6) is 2.62. The van der Waals surface area contributed by atoms with Crippen molar-refractivity contribution in [2.75, 3.05) is 26.9 Å². The minimum atomic E-state index is -0.0738. The van der Waals surface area contributed by atoms with E-state index in [0.29, 0.717) is 52.7 Å². The fourth-order valence-electron chi connectivity index (χ4n) is 5.97. The van der Waals surface area contributed by atoms with Crippen molar-refractivity contribution in [1.29, 1.82) is 0 Å². The number of amides is 1. The molecule has 2 aliphatic rings. The number of fused-ring (bicyclic) bond motifs is 3. The predicted molar refractivity (Wildman–Crippen MR) is 171 cm³/mol. The molecule has 0 spiro atoms. The Kier molecular flexibility index (Phi) is 8.91. The second kappa shape index (κ2) is 13.3. The fraction of sp³-hybridized carbons (Fsp3) is 0.371. The molecule has 1 fully saturated rings. The molecule has 1 atom stereocenters. The van der Waals surface area contributed by atoms with E-state index in [-0.39, 0.29) is 17.5 Å². The molecule has 0 N–H and O–H groups in total. The van der Waals surface area contributed by atoms with Crippen molar-refractivity contribution >= 4 is 28.7 Å². The number of carbonyl (C=O) groups is 1. The van der Waals surface area contributed by atoms with Gasteiger partial charge in [0.25, 0.3) is 11.5 Å². The molecule has 9 heteroatoms. The lowest BCUT2D eigenvalue weighted by Crippen LogP contribution is -2.35. The van der Waals surface area contributed by atoms with E-state index in [2.05, 4.69) is 9.98 Å². The number of aliphatic imine (C=N–C) groups is 1. The van der Waals surface area contributed by atoms with Gasteiger partial charge in [0.2, 0.25) is 0 Å². The van der Waals surface area contributed by atoms with E-state index in [1.807, 2.05) is 66.6 Å². The summed E-state index contributed by atoms with van der Waals surface area (Å²) >= 11 is 0. The van der Waals surface area contributed by atoms with E-state index in [4.69, 9.17) is 14.2 Å². The average molecular weight is 595 g/mol. The van der Waals surface area contributed by atoms with Gasteiger partial charge in [-0.3, -0.25) is 19.1 Å². The maximum Gasteiger partial charge on any atom is 0.265 e. The molecule has 3 aromatic carbocycles. The highest BCUT2D eigenvalue weighted by molar-refractivity contribution is 6.03. The van der Waals surface area contributed by atoms with E-state index < -0.39 is 0 Å². The van der Waals surface area contributed by atoms with Gasteiger partial charge in [0.05, 0.1) is 54.2 Å². The zero-order valence-electron chi connectivity index (χ0n) is 25.3. The van der Waals surface area contributed by atoms with Crippen LogP contribution in [0.5, 0.6) is 17.2 Å². The first-order valence-corrected chi connectivity index (χ1v) is 15.4. The Morgan fingerprint density at radius 2 is 1.64 bits per heavy atom. The summed E-state index contributed by atoms with van der Waals surface area (Å²) in [5, 5.41) is 0.603. The molecule has 1 aromatic heterocycles. The number of benzene rings is 3. The Hall–Kier alpha value is -4.66. The van der Waals surface area contributed by atoms with Crippen LogP contribution in [0, 0.1) is 6.92 Å². The van der Waals surface area contributed by atoms with E-state index in [0.717, 1.165) is 62.9 Å². The van der Waals surface area contributed by atoms with Crippen LogP contribution in [0.25, 0.3) is 16.6 Å². The first-order valence-electron chi connectivity index (χ1n) is 15.4. The van der Waals surface area contributed by atoms with Crippen molar-refractivity contribution in [2.24, 2.45) is 4.99 Å². The van der Waals surface area contributed by atoms with Crippen LogP contribution < -0.4 is 19.8 Å². The van der Waals surface area contributed by atoms with Gasteiger partial charge in [-0.1, -0.05) is 31.4 Å². The van der Waals surface area contributed by atoms with Crippen LogP contribution in [0.15, 0.2) is 70.5 Å². The van der Waals surface area contributed by atoms with Crippen LogP contribution in [0.3, 0.4) is 0 Å². The standard InChI is InChI=1S/C35H38N4O5/c1-24-37-30-13-7-6-12-28(30)35(41)39(24)25-14-16-27(17-15-25)43-19-8-4-3-5-9-20-44-33-22-31-29(21-32(33)42-2)34(40)38-18-10-11-26(38)23-36-31/h6-7,12-17,21-23,26H,3-5,8-11,18-20H2,1-2H3/t26-/m0/s1. The second-order valence-electron chi connectivity index (χ2n) is 11.3. The molecule has 1 amide bonds. The van der Waals surface area contributed by atoms with E-state index in [1.54, 1.807) is 23.8 Å². The zero-order chi connectivity index (χ0) is 30.5. The van der Waals surface area contributed by atoms with Crippen LogP contribution in [-0.4, -0.2) is 59.5 Å². The quantitative estimate of drug-likeness (QED) is 0.175. The number of nitrogens with zero attached hydrogens (tertiary/aromatic N) is 4. The SMILES string of the molecule is COc1cc2c(cc1OCCCCCCCOc1ccc(-n3c(C)nc4ccccc4c3=O)cc1)N=C[C@@H]1CCCN1C2=O. The van der Waals surface area contributed by atoms with Gasteiger partial charge >= 0.3 is 0 Å². The molecule has 0 radical (unpaired) electrons. The second-order valence-corrected chi connectivity index (χ2v) is 11.3. The smallest absolute Gasteiger partial charge is 0.265 e. The van der Waals surface area contributed by atoms with Gasteiger partial charge in [0.1, 0.15) is 11.6 Å². The van der Waals surface area contributed by atoms with Crippen LogP contribution in [0.4, 0.5) is 5.69 Å². The zero-order valence-corrected chi connectivity index (χ0v) is 25.3. The number of rotatable bonds is 12. The van der Waals surface area contributed by atoms with Gasteiger partial charge in [-0.15, -0.1) is 0 Å². The number of ether oxygens (including phenoxy) is 3. The number of para-hydroxylation sites is 1. The van der Waals surface area contributed by atoms with Crippen LogP contribution in [0.1, 0.15) is 61.1 Å². The highest BCUT2D eigenvalue weighted by Gasteiger charge is 2.32. The summed E-state index contributed by atoms with van der Waals surface area (Å²) in [5.41, 5.74) is 2.61. The highest BCUT2D eigenvalue weighted by atomic mass is 16.5. The Balaban J connectivity index is 0.923. The lowest BCUT2D eigenvalue weighted by Gasteiger charge is -2.20. The summed E-state index contributed by atoms with van der Waals surface area (Å²) in [6.45, 7) is 3.81. The molecule has 44 heavy (non-hydrogen) atoms. The van der Waals surface area contributed by atoms with Crippen molar-refractivity contribution in [1.82, 2.24) is 14.5 Å². The number of hydrogen-bond donors (Lipinski definition) is 0. The largest absolute Gasteiger partial charge is 0.494 e. The minimum Gasteiger partial charge on any atom is -0.494 e. The summed E-state index contributed by atoms with van der Waals surface area (Å²) in [4.78, 5) is 37.2. The molecule has 6 rings (SSSR count). The molecular weight excluding hydrogens is 556 g/mol. The van der Waals surface area contributed by atoms with Crippen LogP contribution in [-0.2, 0) is 0 Å². The Bertz CT molecular complexity index is 1730. The minimum absolute atomic E-state index is 0.0105. The topological polar surface area (TPSA) is 95.2 Å². The maximum absolute atomic E-state index is 13.0. The maximum atomic E-state index is 13.0. The third-order valence-electron chi connectivity index (χ3n) is 8.31. The number of carbonyl (C=O) groups excluding carboxylic acids is 1. The lowest BCUT2D eigenvalue weighted by atomic mass is 10.1. The molecule has 3 heterocycles. The number of aromatic nitrogens is 2. The molecule has 0 saturated carbocycles. The molecule has 228 valence electrons. The van der Waals surface area contributed by atoms with Crippen molar-refractivity contribution in [2.45, 2.75) is 57.9 Å². The van der Waals surface area contributed by atoms with Gasteiger partial charge < -0.3 is 19.1 Å². The van der Waals surface area contributed by atoms with Gasteiger partial charge in [-0.05, 0) is 75.1 Å². The highest BCUT2D eigenvalue weighted by Crippen LogP contribution is 2.38. The molecule has 9 nitrogen and oxygen atoms in total. The van der Waals surface area contributed by atoms with Crippen molar-refractivity contribution < 1.29 is 19.0 Å². The summed E-state index contributed by atoms with van der Waals surface area (Å²) < 4.78 is 19.2. The van der Waals surface area contributed by atoms with E-state index >= 15 is 0 Å². The monoisotopic (exact) mass is 594 g/mol. The van der Waals surface area contributed by atoms with Gasteiger partial charge in [0, 0.05) is 18.8 Å².